The fourth-order valence-corrected chi connectivity index (χ4v) is 4.42. The summed E-state index contributed by atoms with van der Waals surface area (Å²) in [7, 11) is -4.02. The van der Waals surface area contributed by atoms with Crippen LogP contribution in [0.5, 0.6) is 0 Å². The van der Waals surface area contributed by atoms with Gasteiger partial charge in [-0.25, -0.2) is 17.9 Å². The lowest BCUT2D eigenvalue weighted by molar-refractivity contribution is 0.250. The normalized spacial score (nSPS) is 11.0. The molecular weight excluding hydrogens is 396 g/mol. The SMILES string of the molecule is C=CCc1ccccc1N(Cc1ccccc1)C(=O)NS(=O)(=O)c1ccccc1C. The van der Waals surface area contributed by atoms with E-state index in [2.05, 4.69) is 11.3 Å². The van der Waals surface area contributed by atoms with E-state index in [0.29, 0.717) is 17.7 Å². The van der Waals surface area contributed by atoms with Gasteiger partial charge in [-0.05, 0) is 42.2 Å². The second kappa shape index (κ2) is 9.41. The molecule has 0 aliphatic heterocycles. The number of rotatable bonds is 7. The monoisotopic (exact) mass is 420 g/mol. The van der Waals surface area contributed by atoms with Gasteiger partial charge in [-0.1, -0.05) is 72.8 Å². The first-order chi connectivity index (χ1) is 14.4. The smallest absolute Gasteiger partial charge is 0.289 e. The lowest BCUT2D eigenvalue weighted by atomic mass is 10.1. The van der Waals surface area contributed by atoms with Crippen LogP contribution in [0.25, 0.3) is 0 Å². The van der Waals surface area contributed by atoms with Crippen LogP contribution in [-0.2, 0) is 23.0 Å². The van der Waals surface area contributed by atoms with Gasteiger partial charge in [0.25, 0.3) is 10.0 Å². The van der Waals surface area contributed by atoms with Gasteiger partial charge in [-0.15, -0.1) is 6.58 Å². The Kier molecular flexibility index (Phi) is 6.69. The molecule has 3 rings (SSSR count). The highest BCUT2D eigenvalue weighted by Gasteiger charge is 2.25. The summed E-state index contributed by atoms with van der Waals surface area (Å²) in [5.41, 5.74) is 2.97. The molecule has 0 bridgehead atoms. The molecule has 0 saturated heterocycles. The molecule has 0 heterocycles. The van der Waals surface area contributed by atoms with E-state index < -0.39 is 16.1 Å². The maximum absolute atomic E-state index is 13.2. The van der Waals surface area contributed by atoms with Crippen LogP contribution in [0.4, 0.5) is 10.5 Å². The van der Waals surface area contributed by atoms with E-state index in [1.165, 1.54) is 11.0 Å². The summed E-state index contributed by atoms with van der Waals surface area (Å²) in [6, 6.07) is 22.7. The summed E-state index contributed by atoms with van der Waals surface area (Å²) in [6.07, 6.45) is 2.31. The molecule has 0 spiro atoms. The zero-order chi connectivity index (χ0) is 21.6. The molecule has 3 aromatic rings. The van der Waals surface area contributed by atoms with Crippen molar-refractivity contribution in [1.29, 1.82) is 0 Å². The number of nitrogens with one attached hydrogen (secondary N) is 1. The van der Waals surface area contributed by atoms with Gasteiger partial charge in [0.1, 0.15) is 0 Å². The molecule has 3 aromatic carbocycles. The second-order valence-electron chi connectivity index (χ2n) is 6.87. The third-order valence-corrected chi connectivity index (χ3v) is 6.16. The highest BCUT2D eigenvalue weighted by atomic mass is 32.2. The van der Waals surface area contributed by atoms with E-state index in [4.69, 9.17) is 0 Å². The van der Waals surface area contributed by atoms with Crippen molar-refractivity contribution in [2.75, 3.05) is 4.90 Å². The third kappa shape index (κ3) is 4.96. The molecule has 0 radical (unpaired) electrons. The maximum atomic E-state index is 13.2. The summed E-state index contributed by atoms with van der Waals surface area (Å²) in [5.74, 6) is 0. The van der Waals surface area contributed by atoms with Crippen LogP contribution in [0.1, 0.15) is 16.7 Å². The van der Waals surface area contributed by atoms with Gasteiger partial charge >= 0.3 is 6.03 Å². The van der Waals surface area contributed by atoms with E-state index in [9.17, 15) is 13.2 Å². The van der Waals surface area contributed by atoms with Crippen LogP contribution in [0, 0.1) is 6.92 Å². The summed E-state index contributed by atoms with van der Waals surface area (Å²) in [4.78, 5) is 14.7. The van der Waals surface area contributed by atoms with Crippen LogP contribution < -0.4 is 9.62 Å². The average molecular weight is 421 g/mol. The summed E-state index contributed by atoms with van der Waals surface area (Å²) >= 11 is 0. The first kappa shape index (κ1) is 21.3. The molecule has 1 N–H and O–H groups in total. The van der Waals surface area contributed by atoms with Gasteiger partial charge in [-0.2, -0.15) is 0 Å². The van der Waals surface area contributed by atoms with E-state index in [0.717, 1.165) is 11.1 Å². The molecule has 0 fully saturated rings. The summed E-state index contributed by atoms with van der Waals surface area (Å²) in [5, 5.41) is 0. The molecular formula is C24H24N2O3S. The number of hydrogen-bond acceptors (Lipinski definition) is 3. The van der Waals surface area contributed by atoms with Crippen molar-refractivity contribution in [3.63, 3.8) is 0 Å². The predicted octanol–water partition coefficient (Wildman–Crippen LogP) is 4.83. The Hall–Kier alpha value is -3.38. The molecule has 0 aliphatic rings. The Morgan fingerprint density at radius 3 is 2.30 bits per heavy atom. The van der Waals surface area contributed by atoms with Gasteiger partial charge in [0, 0.05) is 5.69 Å². The number of carbonyl (C=O) groups excluding carboxylic acids is 1. The fraction of sp³-hybridized carbons (Fsp3) is 0.125. The Balaban J connectivity index is 1.99. The van der Waals surface area contributed by atoms with Crippen molar-refractivity contribution in [3.05, 3.63) is 108 Å². The van der Waals surface area contributed by atoms with Crippen molar-refractivity contribution in [1.82, 2.24) is 4.72 Å². The molecule has 0 aliphatic carbocycles. The molecule has 0 atom stereocenters. The molecule has 0 unspecified atom stereocenters. The van der Waals surface area contributed by atoms with Gasteiger partial charge in [-0.3, -0.25) is 4.90 Å². The van der Waals surface area contributed by atoms with Crippen LogP contribution >= 0.6 is 0 Å². The minimum atomic E-state index is -4.02. The third-order valence-electron chi connectivity index (χ3n) is 4.68. The minimum absolute atomic E-state index is 0.0809. The van der Waals surface area contributed by atoms with Crippen molar-refractivity contribution >= 4 is 21.7 Å². The quantitative estimate of drug-likeness (QED) is 0.557. The zero-order valence-electron chi connectivity index (χ0n) is 16.8. The minimum Gasteiger partial charge on any atom is -0.289 e. The van der Waals surface area contributed by atoms with Crippen molar-refractivity contribution in [3.8, 4) is 0 Å². The van der Waals surface area contributed by atoms with E-state index >= 15 is 0 Å². The lowest BCUT2D eigenvalue weighted by Gasteiger charge is -2.25. The molecule has 5 nitrogen and oxygen atoms in total. The first-order valence-corrected chi connectivity index (χ1v) is 11.0. The van der Waals surface area contributed by atoms with Crippen molar-refractivity contribution in [2.24, 2.45) is 0 Å². The van der Waals surface area contributed by atoms with Gasteiger partial charge in [0.05, 0.1) is 11.4 Å². The Morgan fingerprint density at radius 1 is 0.967 bits per heavy atom. The number of aryl methyl sites for hydroxylation is 1. The topological polar surface area (TPSA) is 66.5 Å². The highest BCUT2D eigenvalue weighted by molar-refractivity contribution is 7.90. The highest BCUT2D eigenvalue weighted by Crippen LogP contribution is 2.24. The number of sulfonamides is 1. The van der Waals surface area contributed by atoms with E-state index in [-0.39, 0.29) is 11.4 Å². The Morgan fingerprint density at radius 2 is 1.60 bits per heavy atom. The Bertz CT molecular complexity index is 1140. The first-order valence-electron chi connectivity index (χ1n) is 9.55. The van der Waals surface area contributed by atoms with Gasteiger partial charge in [0.15, 0.2) is 0 Å². The molecule has 6 heteroatoms. The fourth-order valence-electron chi connectivity index (χ4n) is 3.22. The zero-order valence-corrected chi connectivity index (χ0v) is 17.6. The molecule has 0 saturated carbocycles. The number of anilines is 1. The lowest BCUT2D eigenvalue weighted by Crippen LogP contribution is -2.43. The molecule has 154 valence electrons. The predicted molar refractivity (Wildman–Crippen MR) is 120 cm³/mol. The maximum Gasteiger partial charge on any atom is 0.336 e. The van der Waals surface area contributed by atoms with Crippen LogP contribution in [0.2, 0.25) is 0 Å². The van der Waals surface area contributed by atoms with Gasteiger partial charge in [0.2, 0.25) is 0 Å². The van der Waals surface area contributed by atoms with E-state index in [1.807, 2.05) is 54.6 Å². The molecule has 0 aromatic heterocycles. The van der Waals surface area contributed by atoms with Crippen molar-refractivity contribution in [2.45, 2.75) is 24.8 Å². The number of para-hydroxylation sites is 1. The van der Waals surface area contributed by atoms with Gasteiger partial charge < -0.3 is 0 Å². The van der Waals surface area contributed by atoms with Crippen LogP contribution in [-0.4, -0.2) is 14.4 Å². The molecule has 2 amide bonds. The largest absolute Gasteiger partial charge is 0.336 e. The summed E-state index contributed by atoms with van der Waals surface area (Å²) < 4.78 is 28.0. The standard InChI is InChI=1S/C24H24N2O3S/c1-3-11-21-15-8-9-16-22(21)26(18-20-13-5-4-6-14-20)24(27)25-30(28,29)23-17-10-7-12-19(23)2/h3-10,12-17H,1,11,18H2,2H3,(H,25,27). The number of carbonyl (C=O) groups is 1. The number of benzene rings is 3. The van der Waals surface area contributed by atoms with Crippen LogP contribution in [0.15, 0.2) is 96.4 Å². The van der Waals surface area contributed by atoms with Crippen molar-refractivity contribution < 1.29 is 13.2 Å². The summed E-state index contributed by atoms with van der Waals surface area (Å²) in [6.45, 7) is 5.70. The van der Waals surface area contributed by atoms with Crippen LogP contribution in [0.3, 0.4) is 0 Å². The Labute approximate surface area is 177 Å². The number of hydrogen-bond donors (Lipinski definition) is 1. The number of urea groups is 1. The van der Waals surface area contributed by atoms with E-state index in [1.54, 1.807) is 31.2 Å². The molecule has 30 heavy (non-hydrogen) atoms. The number of amides is 2. The number of nitrogens with zero attached hydrogens (tertiary/aromatic N) is 1. The average Bonchev–Trinajstić information content (AvgIpc) is 2.73. The number of allylic oxidation sites excluding steroid dienone is 1. The second-order valence-corrected chi connectivity index (χ2v) is 8.52.